The predicted molar refractivity (Wildman–Crippen MR) is 121 cm³/mol. The Labute approximate surface area is 204 Å². The summed E-state index contributed by atoms with van der Waals surface area (Å²) in [5, 5.41) is 32.1. The number of aryl methyl sites for hydroxylation is 2. The molecule has 13 nitrogen and oxygen atoms in total. The first-order valence-electron chi connectivity index (χ1n) is 9.31. The van der Waals surface area contributed by atoms with Crippen molar-refractivity contribution in [2.24, 2.45) is 7.05 Å². The first-order chi connectivity index (χ1) is 15.8. The number of β-lactam (4-membered cyclic amide) rings is 1. The van der Waals surface area contributed by atoms with E-state index >= 15 is 0 Å². The van der Waals surface area contributed by atoms with Gasteiger partial charge in [-0.25, -0.2) is 9.48 Å². The number of amides is 2. The zero-order chi connectivity index (χ0) is 23.8. The van der Waals surface area contributed by atoms with Crippen molar-refractivity contribution in [3.8, 4) is 0 Å². The number of nitrogens with zero attached hydrogens (tertiary/aromatic N) is 7. The molecule has 0 spiro atoms. The van der Waals surface area contributed by atoms with E-state index in [4.69, 9.17) is 4.74 Å². The maximum Gasteiger partial charge on any atom is 0.352 e. The number of carboxylic acid groups (broad SMARTS) is 1. The lowest BCUT2D eigenvalue weighted by atomic mass is 9.98. The highest BCUT2D eigenvalue weighted by molar-refractivity contribution is 8.01. The topological polar surface area (TPSA) is 165 Å². The van der Waals surface area contributed by atoms with Crippen LogP contribution in [0.25, 0.3) is 0 Å². The van der Waals surface area contributed by atoms with Crippen molar-refractivity contribution in [1.82, 2.24) is 40.6 Å². The van der Waals surface area contributed by atoms with Crippen molar-refractivity contribution in [1.29, 1.82) is 0 Å². The molecule has 2 aliphatic heterocycles. The maximum atomic E-state index is 13.1. The van der Waals surface area contributed by atoms with Gasteiger partial charge in [-0.05, 0) is 22.9 Å². The first-order valence-corrected chi connectivity index (χ1v) is 13.1. The average molecular weight is 531 g/mol. The Hall–Kier alpha value is -2.21. The quantitative estimate of drug-likeness (QED) is 0.252. The molecule has 4 heterocycles. The van der Waals surface area contributed by atoms with E-state index in [-0.39, 0.29) is 11.4 Å². The van der Waals surface area contributed by atoms with Crippen LogP contribution in [0.1, 0.15) is 5.01 Å². The summed E-state index contributed by atoms with van der Waals surface area (Å²) in [6.45, 7) is 1.81. The summed E-state index contributed by atoms with van der Waals surface area (Å²) in [7, 11) is 2.99. The lowest BCUT2D eigenvalue weighted by molar-refractivity contribution is -0.192. The molecular weight excluding hydrogens is 512 g/mol. The summed E-state index contributed by atoms with van der Waals surface area (Å²) in [6.07, 6.45) is 0. The maximum absolute atomic E-state index is 13.1. The number of fused-ring (bicyclic) bond motifs is 1. The van der Waals surface area contributed by atoms with Gasteiger partial charge in [-0.3, -0.25) is 14.5 Å². The van der Waals surface area contributed by atoms with Gasteiger partial charge in [0.2, 0.25) is 11.1 Å². The Kier molecular flexibility index (Phi) is 6.94. The number of carboxylic acids is 1. The van der Waals surface area contributed by atoms with Gasteiger partial charge in [0.25, 0.3) is 11.6 Å². The Morgan fingerprint density at radius 2 is 2.12 bits per heavy atom. The van der Waals surface area contributed by atoms with Crippen LogP contribution in [0.3, 0.4) is 0 Å². The molecule has 0 aromatic carbocycles. The zero-order valence-electron chi connectivity index (χ0n) is 17.5. The van der Waals surface area contributed by atoms with Crippen LogP contribution in [0.4, 0.5) is 0 Å². The third-order valence-corrected chi connectivity index (χ3v) is 9.19. The van der Waals surface area contributed by atoms with Crippen LogP contribution in [0.15, 0.2) is 20.8 Å². The molecule has 0 bridgehead atoms. The SMILES string of the molecule is CO[C@@]1(NC(=O)CSc2nnc(C)s2)C(=O)N2C(C(=O)O)=C(CSc3nnnn3C)CS[C@H]21. The van der Waals surface area contributed by atoms with Crippen molar-refractivity contribution >= 4 is 64.4 Å². The molecule has 1 saturated heterocycles. The van der Waals surface area contributed by atoms with Gasteiger partial charge in [-0.2, -0.15) is 0 Å². The summed E-state index contributed by atoms with van der Waals surface area (Å²) >= 11 is 5.16. The second-order valence-electron chi connectivity index (χ2n) is 6.83. The van der Waals surface area contributed by atoms with E-state index in [2.05, 4.69) is 31.0 Å². The molecule has 33 heavy (non-hydrogen) atoms. The minimum absolute atomic E-state index is 0.0136. The number of carbonyl (C=O) groups excluding carboxylic acids is 2. The molecule has 2 aliphatic rings. The molecule has 2 amide bonds. The first kappa shape index (κ1) is 23.9. The molecule has 0 saturated carbocycles. The van der Waals surface area contributed by atoms with Gasteiger partial charge in [-0.15, -0.1) is 27.1 Å². The van der Waals surface area contributed by atoms with Crippen LogP contribution in [0.5, 0.6) is 0 Å². The molecule has 2 aromatic heterocycles. The highest BCUT2D eigenvalue weighted by atomic mass is 32.2. The van der Waals surface area contributed by atoms with E-state index in [0.29, 0.717) is 26.6 Å². The number of thioether (sulfide) groups is 3. The number of methoxy groups -OCH3 is 1. The molecule has 2 atom stereocenters. The van der Waals surface area contributed by atoms with Crippen molar-refractivity contribution < 1.29 is 24.2 Å². The molecule has 176 valence electrons. The Balaban J connectivity index is 1.47. The van der Waals surface area contributed by atoms with Crippen LogP contribution < -0.4 is 5.32 Å². The standard InChI is InChI=1S/C16H18N8O5S4/c1-7-18-20-15(33-7)32-6-9(25)17-16(29-3)12(28)24-10(11(26)27)8(4-30-13(16)24)5-31-14-19-21-22-23(14)2/h13H,4-6H2,1-3H3,(H,17,25)(H,26,27)/t13-,16-/m0/s1. The van der Waals surface area contributed by atoms with Gasteiger partial charge < -0.3 is 15.2 Å². The van der Waals surface area contributed by atoms with Crippen molar-refractivity contribution in [2.75, 3.05) is 24.4 Å². The molecular formula is C16H18N8O5S4. The summed E-state index contributed by atoms with van der Waals surface area (Å²) in [4.78, 5) is 38.9. The van der Waals surface area contributed by atoms with Crippen LogP contribution in [0, 0.1) is 6.92 Å². The number of hydrogen-bond acceptors (Lipinski definition) is 13. The Bertz CT molecular complexity index is 1140. The number of tetrazole rings is 1. The Morgan fingerprint density at radius 1 is 1.33 bits per heavy atom. The lowest BCUT2D eigenvalue weighted by Crippen LogP contribution is -2.80. The van der Waals surface area contributed by atoms with Gasteiger partial charge in [-0.1, -0.05) is 34.9 Å². The van der Waals surface area contributed by atoms with Crippen LogP contribution in [0.2, 0.25) is 0 Å². The minimum Gasteiger partial charge on any atom is -0.477 e. The molecule has 17 heteroatoms. The fourth-order valence-corrected chi connectivity index (χ4v) is 7.30. The third-order valence-electron chi connectivity index (χ3n) is 4.75. The summed E-state index contributed by atoms with van der Waals surface area (Å²) in [5.41, 5.74) is -1.18. The van der Waals surface area contributed by atoms with Crippen LogP contribution >= 0.6 is 46.6 Å². The number of rotatable bonds is 9. The third kappa shape index (κ3) is 4.46. The number of aliphatic carboxylic acids is 1. The molecule has 0 radical (unpaired) electrons. The van der Waals surface area contributed by atoms with E-state index in [1.165, 1.54) is 63.3 Å². The van der Waals surface area contributed by atoms with E-state index in [1.807, 2.05) is 6.92 Å². The van der Waals surface area contributed by atoms with Gasteiger partial charge in [0.15, 0.2) is 4.34 Å². The molecule has 0 aliphatic carbocycles. The van der Waals surface area contributed by atoms with Crippen molar-refractivity contribution in [2.45, 2.75) is 27.5 Å². The normalized spacial score (nSPS) is 22.2. The summed E-state index contributed by atoms with van der Waals surface area (Å²) in [6, 6.07) is 0. The molecule has 2 aromatic rings. The largest absolute Gasteiger partial charge is 0.477 e. The fraction of sp³-hybridized carbons (Fsp3) is 0.500. The van der Waals surface area contributed by atoms with E-state index < -0.39 is 28.9 Å². The van der Waals surface area contributed by atoms with Crippen molar-refractivity contribution in [3.05, 3.63) is 16.3 Å². The smallest absolute Gasteiger partial charge is 0.352 e. The Morgan fingerprint density at radius 3 is 2.73 bits per heavy atom. The van der Waals surface area contributed by atoms with E-state index in [9.17, 15) is 19.5 Å². The monoisotopic (exact) mass is 530 g/mol. The van der Waals surface area contributed by atoms with Crippen LogP contribution in [-0.4, -0.2) is 93.7 Å². The van der Waals surface area contributed by atoms with E-state index in [1.54, 1.807) is 7.05 Å². The fourth-order valence-electron chi connectivity index (χ4n) is 3.26. The minimum atomic E-state index is -1.63. The molecule has 1 fully saturated rings. The van der Waals surface area contributed by atoms with Gasteiger partial charge in [0.05, 0.1) is 5.75 Å². The van der Waals surface area contributed by atoms with E-state index in [0.717, 1.165) is 5.01 Å². The number of hydrogen-bond donors (Lipinski definition) is 2. The summed E-state index contributed by atoms with van der Waals surface area (Å²) in [5.74, 6) is -1.64. The average Bonchev–Trinajstić information content (AvgIpc) is 3.40. The lowest BCUT2D eigenvalue weighted by Gasteiger charge is -2.55. The zero-order valence-corrected chi connectivity index (χ0v) is 20.8. The second kappa shape index (κ2) is 9.57. The molecule has 2 N–H and O–H groups in total. The predicted octanol–water partition coefficient (Wildman–Crippen LogP) is -0.0329. The van der Waals surface area contributed by atoms with Gasteiger partial charge in [0.1, 0.15) is 16.1 Å². The van der Waals surface area contributed by atoms with Crippen molar-refractivity contribution in [3.63, 3.8) is 0 Å². The van der Waals surface area contributed by atoms with Crippen LogP contribution in [-0.2, 0) is 26.2 Å². The number of aromatic nitrogens is 6. The highest BCUT2D eigenvalue weighted by Crippen LogP contribution is 2.47. The second-order valence-corrected chi connectivity index (χ2v) is 11.2. The highest BCUT2D eigenvalue weighted by Gasteiger charge is 2.66. The van der Waals surface area contributed by atoms with Gasteiger partial charge >= 0.3 is 5.97 Å². The number of ether oxygens (including phenoxy) is 1. The molecule has 0 unspecified atom stereocenters. The number of carbonyl (C=O) groups is 3. The number of nitrogens with one attached hydrogen (secondary N) is 1. The molecule has 4 rings (SSSR count). The summed E-state index contributed by atoms with van der Waals surface area (Å²) < 4.78 is 7.57. The van der Waals surface area contributed by atoms with Gasteiger partial charge in [0, 0.05) is 25.7 Å².